The van der Waals surface area contributed by atoms with Crippen LogP contribution < -0.4 is 5.73 Å². The van der Waals surface area contributed by atoms with Crippen LogP contribution >= 0.6 is 0 Å². The SMILES string of the molecule is CN(CC1CC(N)C1)S(=O)(=O)c1cccc2ccccc12. The molecule has 4 nitrogen and oxygen atoms in total. The summed E-state index contributed by atoms with van der Waals surface area (Å²) in [5.41, 5.74) is 5.77. The number of rotatable bonds is 4. The van der Waals surface area contributed by atoms with Gasteiger partial charge in [0, 0.05) is 25.0 Å². The van der Waals surface area contributed by atoms with Gasteiger partial charge >= 0.3 is 0 Å². The van der Waals surface area contributed by atoms with Crippen LogP contribution in [-0.4, -0.2) is 32.4 Å². The van der Waals surface area contributed by atoms with Gasteiger partial charge in [-0.2, -0.15) is 0 Å². The molecule has 2 aromatic rings. The third-order valence-electron chi connectivity index (χ3n) is 4.23. The number of benzene rings is 2. The Bertz CT molecular complexity index is 746. The van der Waals surface area contributed by atoms with Crippen molar-refractivity contribution in [2.45, 2.75) is 23.8 Å². The van der Waals surface area contributed by atoms with Crippen molar-refractivity contribution in [1.82, 2.24) is 4.31 Å². The van der Waals surface area contributed by atoms with Crippen LogP contribution in [0, 0.1) is 5.92 Å². The smallest absolute Gasteiger partial charge is 0.243 e. The predicted octanol–water partition coefficient (Wildman–Crippen LogP) is 2.20. The molecule has 0 atom stereocenters. The number of hydrogen-bond donors (Lipinski definition) is 1. The summed E-state index contributed by atoms with van der Waals surface area (Å²) < 4.78 is 27.1. The van der Waals surface area contributed by atoms with Gasteiger partial charge in [0.25, 0.3) is 0 Å². The Morgan fingerprint density at radius 2 is 1.81 bits per heavy atom. The van der Waals surface area contributed by atoms with E-state index in [9.17, 15) is 8.42 Å². The molecular formula is C16H20N2O2S. The van der Waals surface area contributed by atoms with E-state index in [1.807, 2.05) is 30.3 Å². The minimum absolute atomic E-state index is 0.239. The molecule has 1 aliphatic rings. The van der Waals surface area contributed by atoms with E-state index in [2.05, 4.69) is 0 Å². The average Bonchev–Trinajstić information content (AvgIpc) is 2.44. The quantitative estimate of drug-likeness (QED) is 0.942. The topological polar surface area (TPSA) is 63.4 Å². The molecule has 2 aromatic carbocycles. The van der Waals surface area contributed by atoms with E-state index in [0.29, 0.717) is 17.4 Å². The van der Waals surface area contributed by atoms with Crippen molar-refractivity contribution in [3.63, 3.8) is 0 Å². The molecule has 21 heavy (non-hydrogen) atoms. The highest BCUT2D eigenvalue weighted by Crippen LogP contribution is 2.30. The van der Waals surface area contributed by atoms with Gasteiger partial charge in [0.2, 0.25) is 10.0 Å². The van der Waals surface area contributed by atoms with Crippen molar-refractivity contribution in [1.29, 1.82) is 0 Å². The lowest BCUT2D eigenvalue weighted by Gasteiger charge is -2.35. The first kappa shape index (κ1) is 14.5. The molecule has 0 aliphatic heterocycles. The third kappa shape index (κ3) is 2.69. The van der Waals surface area contributed by atoms with Gasteiger partial charge in [-0.15, -0.1) is 0 Å². The summed E-state index contributed by atoms with van der Waals surface area (Å²) in [5.74, 6) is 0.384. The van der Waals surface area contributed by atoms with E-state index in [1.54, 1.807) is 19.2 Å². The monoisotopic (exact) mass is 304 g/mol. The fourth-order valence-electron chi connectivity index (χ4n) is 2.99. The van der Waals surface area contributed by atoms with Crippen molar-refractivity contribution < 1.29 is 8.42 Å². The molecule has 0 radical (unpaired) electrons. The zero-order valence-corrected chi connectivity index (χ0v) is 12.9. The first-order chi connectivity index (χ1) is 9.98. The number of sulfonamides is 1. The summed E-state index contributed by atoms with van der Waals surface area (Å²) in [5, 5.41) is 1.72. The van der Waals surface area contributed by atoms with Gasteiger partial charge in [-0.25, -0.2) is 12.7 Å². The molecule has 1 aliphatic carbocycles. The maximum Gasteiger partial charge on any atom is 0.243 e. The summed E-state index contributed by atoms with van der Waals surface area (Å²) >= 11 is 0. The van der Waals surface area contributed by atoms with Gasteiger partial charge in [-0.05, 0) is 30.2 Å². The lowest BCUT2D eigenvalue weighted by atomic mass is 9.81. The predicted molar refractivity (Wildman–Crippen MR) is 84.5 cm³/mol. The number of fused-ring (bicyclic) bond motifs is 1. The van der Waals surface area contributed by atoms with Gasteiger partial charge in [0.05, 0.1) is 4.90 Å². The van der Waals surface area contributed by atoms with Crippen molar-refractivity contribution in [2.24, 2.45) is 11.7 Å². The molecule has 1 saturated carbocycles. The maximum absolute atomic E-state index is 12.8. The largest absolute Gasteiger partial charge is 0.328 e. The van der Waals surface area contributed by atoms with Crippen LogP contribution in [0.1, 0.15) is 12.8 Å². The van der Waals surface area contributed by atoms with Crippen molar-refractivity contribution >= 4 is 20.8 Å². The summed E-state index contributed by atoms with van der Waals surface area (Å²) in [6.07, 6.45) is 1.82. The second-order valence-electron chi connectivity index (χ2n) is 5.86. The molecule has 5 heteroatoms. The van der Waals surface area contributed by atoms with Gasteiger partial charge in [0.1, 0.15) is 0 Å². The van der Waals surface area contributed by atoms with Gasteiger partial charge < -0.3 is 5.73 Å². The Morgan fingerprint density at radius 3 is 2.52 bits per heavy atom. The molecule has 0 bridgehead atoms. The van der Waals surface area contributed by atoms with Gasteiger partial charge in [-0.3, -0.25) is 0 Å². The van der Waals surface area contributed by atoms with Crippen LogP contribution in [0.15, 0.2) is 47.4 Å². The Balaban J connectivity index is 1.92. The highest BCUT2D eigenvalue weighted by atomic mass is 32.2. The van der Waals surface area contributed by atoms with E-state index < -0.39 is 10.0 Å². The second kappa shape index (κ2) is 5.40. The standard InChI is InChI=1S/C16H20N2O2S/c1-18(11-12-9-14(17)10-12)21(19,20)16-8-4-6-13-5-2-3-7-15(13)16/h2-8,12,14H,9-11,17H2,1H3. The fraction of sp³-hybridized carbons (Fsp3) is 0.375. The highest BCUT2D eigenvalue weighted by molar-refractivity contribution is 7.89. The van der Waals surface area contributed by atoms with Crippen LogP contribution in [0.3, 0.4) is 0 Å². The van der Waals surface area contributed by atoms with E-state index in [-0.39, 0.29) is 6.04 Å². The number of nitrogens with zero attached hydrogens (tertiary/aromatic N) is 1. The van der Waals surface area contributed by atoms with Gasteiger partial charge in [0.15, 0.2) is 0 Å². The van der Waals surface area contributed by atoms with Crippen LogP contribution in [0.2, 0.25) is 0 Å². The Labute approximate surface area is 125 Å². The first-order valence-electron chi connectivity index (χ1n) is 7.18. The zero-order valence-electron chi connectivity index (χ0n) is 12.1. The molecule has 0 spiro atoms. The van der Waals surface area contributed by atoms with E-state index in [0.717, 1.165) is 23.6 Å². The van der Waals surface area contributed by atoms with Crippen LogP contribution in [0.4, 0.5) is 0 Å². The molecule has 0 aromatic heterocycles. The first-order valence-corrected chi connectivity index (χ1v) is 8.62. The van der Waals surface area contributed by atoms with Crippen LogP contribution in [0.5, 0.6) is 0 Å². The lowest BCUT2D eigenvalue weighted by molar-refractivity contribution is 0.227. The Hall–Kier alpha value is -1.43. The maximum atomic E-state index is 12.8. The Morgan fingerprint density at radius 1 is 1.14 bits per heavy atom. The van der Waals surface area contributed by atoms with Crippen molar-refractivity contribution in [2.75, 3.05) is 13.6 Å². The van der Waals surface area contributed by atoms with Gasteiger partial charge in [-0.1, -0.05) is 36.4 Å². The van der Waals surface area contributed by atoms with Crippen molar-refractivity contribution in [3.8, 4) is 0 Å². The summed E-state index contributed by atoms with van der Waals surface area (Å²) in [7, 11) is -1.81. The molecule has 0 unspecified atom stereocenters. The number of nitrogens with two attached hydrogens (primary N) is 1. The number of hydrogen-bond acceptors (Lipinski definition) is 3. The molecule has 2 N–H and O–H groups in total. The molecule has 0 amide bonds. The Kier molecular flexibility index (Phi) is 3.73. The molecule has 3 rings (SSSR count). The van der Waals surface area contributed by atoms with Crippen molar-refractivity contribution in [3.05, 3.63) is 42.5 Å². The van der Waals surface area contributed by atoms with Crippen LogP contribution in [-0.2, 0) is 10.0 Å². The zero-order chi connectivity index (χ0) is 15.0. The summed E-state index contributed by atoms with van der Waals surface area (Å²) in [4.78, 5) is 0.381. The minimum atomic E-state index is -3.46. The normalized spacial score (nSPS) is 22.4. The molecule has 0 saturated heterocycles. The summed E-state index contributed by atoms with van der Waals surface area (Å²) in [6, 6.07) is 13.2. The summed E-state index contributed by atoms with van der Waals surface area (Å²) in [6.45, 7) is 0.541. The third-order valence-corrected chi connectivity index (χ3v) is 6.11. The second-order valence-corrected chi connectivity index (χ2v) is 7.87. The molecular weight excluding hydrogens is 284 g/mol. The lowest BCUT2D eigenvalue weighted by Crippen LogP contribution is -2.43. The van der Waals surface area contributed by atoms with E-state index in [4.69, 9.17) is 5.73 Å². The fourth-order valence-corrected chi connectivity index (χ4v) is 4.44. The highest BCUT2D eigenvalue weighted by Gasteiger charge is 2.31. The van der Waals surface area contributed by atoms with E-state index >= 15 is 0 Å². The molecule has 112 valence electrons. The average molecular weight is 304 g/mol. The van der Waals surface area contributed by atoms with Crippen LogP contribution in [0.25, 0.3) is 10.8 Å². The minimum Gasteiger partial charge on any atom is -0.328 e. The van der Waals surface area contributed by atoms with E-state index in [1.165, 1.54) is 4.31 Å². The molecule has 0 heterocycles. The molecule has 1 fully saturated rings.